The summed E-state index contributed by atoms with van der Waals surface area (Å²) in [5, 5.41) is 13.4. The highest BCUT2D eigenvalue weighted by Crippen LogP contribution is 2.45. The molecule has 1 aliphatic carbocycles. The van der Waals surface area contributed by atoms with Crippen molar-refractivity contribution in [2.45, 2.75) is 18.4 Å². The summed E-state index contributed by atoms with van der Waals surface area (Å²) in [7, 11) is 0. The van der Waals surface area contributed by atoms with Gasteiger partial charge in [0.25, 0.3) is 5.91 Å². The summed E-state index contributed by atoms with van der Waals surface area (Å²) in [6.45, 7) is 0.0422. The summed E-state index contributed by atoms with van der Waals surface area (Å²) in [5.74, 6) is -0.354. The highest BCUT2D eigenvalue weighted by molar-refractivity contribution is 5.94. The van der Waals surface area contributed by atoms with Crippen LogP contribution in [0.1, 0.15) is 29.0 Å². The third-order valence-electron chi connectivity index (χ3n) is 3.81. The molecule has 2 aromatic rings. The van der Waals surface area contributed by atoms with Crippen LogP contribution in [0.2, 0.25) is 0 Å². The average molecular weight is 289 g/mol. The lowest BCUT2D eigenvalue weighted by atomic mass is 9.94. The van der Waals surface area contributed by atoms with Crippen molar-refractivity contribution in [1.82, 2.24) is 5.32 Å². The number of carbonyl (C=O) groups excluding carboxylic acids is 1. The first-order valence-corrected chi connectivity index (χ1v) is 6.90. The van der Waals surface area contributed by atoms with Gasteiger partial charge in [0.1, 0.15) is 17.2 Å². The molecule has 0 aliphatic heterocycles. The largest absolute Gasteiger partial charge is 0.466 e. The molecular formula is C16H16FNO3. The van der Waals surface area contributed by atoms with E-state index in [1.54, 1.807) is 12.1 Å². The van der Waals surface area contributed by atoms with Gasteiger partial charge in [-0.15, -0.1) is 0 Å². The second-order valence-corrected chi connectivity index (χ2v) is 5.37. The Labute approximate surface area is 121 Å². The quantitative estimate of drug-likeness (QED) is 0.888. The first-order chi connectivity index (χ1) is 10.1. The van der Waals surface area contributed by atoms with Crippen molar-refractivity contribution in [3.05, 3.63) is 59.8 Å². The molecule has 1 atom stereocenters. The van der Waals surface area contributed by atoms with Crippen LogP contribution in [0.15, 0.2) is 47.1 Å². The second-order valence-electron chi connectivity index (χ2n) is 5.37. The first kappa shape index (κ1) is 13.8. The fraction of sp³-hybridized carbons (Fsp3) is 0.312. The molecule has 0 unspecified atom stereocenters. The molecule has 1 fully saturated rings. The highest BCUT2D eigenvalue weighted by Gasteiger charge is 2.47. The average Bonchev–Trinajstić information content (AvgIpc) is 3.19. The van der Waals surface area contributed by atoms with Crippen LogP contribution in [0.4, 0.5) is 4.39 Å². The van der Waals surface area contributed by atoms with Crippen LogP contribution in [0.3, 0.4) is 0 Å². The van der Waals surface area contributed by atoms with Gasteiger partial charge in [-0.2, -0.15) is 0 Å². The summed E-state index contributed by atoms with van der Waals surface area (Å²) >= 11 is 0. The molecule has 1 heterocycles. The minimum atomic E-state index is -1.20. The maximum atomic E-state index is 13.1. The van der Waals surface area contributed by atoms with Crippen molar-refractivity contribution in [1.29, 1.82) is 0 Å². The summed E-state index contributed by atoms with van der Waals surface area (Å²) in [5.41, 5.74) is -0.973. The summed E-state index contributed by atoms with van der Waals surface area (Å²) in [6, 6.07) is 8.85. The van der Waals surface area contributed by atoms with Gasteiger partial charge in [-0.25, -0.2) is 4.39 Å². The van der Waals surface area contributed by atoms with Crippen molar-refractivity contribution >= 4 is 5.91 Å². The molecule has 1 aromatic heterocycles. The van der Waals surface area contributed by atoms with Crippen LogP contribution in [-0.4, -0.2) is 17.6 Å². The van der Waals surface area contributed by atoms with E-state index in [9.17, 15) is 14.3 Å². The van der Waals surface area contributed by atoms with Crippen molar-refractivity contribution < 1.29 is 18.7 Å². The molecule has 0 bridgehead atoms. The Bertz CT molecular complexity index is 637. The van der Waals surface area contributed by atoms with E-state index in [1.165, 1.54) is 30.5 Å². The van der Waals surface area contributed by atoms with E-state index >= 15 is 0 Å². The zero-order chi connectivity index (χ0) is 14.9. The molecule has 4 nitrogen and oxygen atoms in total. The lowest BCUT2D eigenvalue weighted by Gasteiger charge is -2.26. The lowest BCUT2D eigenvalue weighted by molar-refractivity contribution is -0.00611. The minimum absolute atomic E-state index is 0.0422. The Morgan fingerprint density at radius 2 is 2.19 bits per heavy atom. The molecule has 1 aromatic carbocycles. The maximum absolute atomic E-state index is 13.1. The Balaban J connectivity index is 1.72. The van der Waals surface area contributed by atoms with Crippen LogP contribution < -0.4 is 5.32 Å². The minimum Gasteiger partial charge on any atom is -0.466 e. The lowest BCUT2D eigenvalue weighted by Crippen LogP contribution is -2.42. The molecule has 21 heavy (non-hydrogen) atoms. The number of carbonyl (C=O) groups is 1. The van der Waals surface area contributed by atoms with Crippen molar-refractivity contribution in [2.24, 2.45) is 5.92 Å². The number of hydrogen-bond donors (Lipinski definition) is 2. The smallest absolute Gasteiger partial charge is 0.251 e. The number of nitrogens with one attached hydrogen (secondary N) is 1. The summed E-state index contributed by atoms with van der Waals surface area (Å²) < 4.78 is 18.4. The third-order valence-corrected chi connectivity index (χ3v) is 3.81. The molecule has 0 radical (unpaired) electrons. The Morgan fingerprint density at radius 3 is 2.81 bits per heavy atom. The summed E-state index contributed by atoms with van der Waals surface area (Å²) in [6.07, 6.45) is 3.29. The number of aliphatic hydroxyl groups is 1. The molecular weight excluding hydrogens is 273 g/mol. The zero-order valence-electron chi connectivity index (χ0n) is 11.4. The number of benzene rings is 1. The number of halogens is 1. The standard InChI is InChI=1S/C16H16FNO3/c17-13-4-1-3-11(9-13)15(19)18-10-16(20,12-6-7-12)14-5-2-8-21-14/h1-5,8-9,12,20H,6-7,10H2,(H,18,19)/t16-/m0/s1. The molecule has 1 saturated carbocycles. The SMILES string of the molecule is O=C(NC[C@@](O)(c1ccco1)C1CC1)c1cccc(F)c1. The van der Waals surface area contributed by atoms with Crippen LogP contribution >= 0.6 is 0 Å². The van der Waals surface area contributed by atoms with Gasteiger partial charge in [-0.3, -0.25) is 4.79 Å². The van der Waals surface area contributed by atoms with E-state index in [1.807, 2.05) is 0 Å². The number of hydrogen-bond acceptors (Lipinski definition) is 3. The van der Waals surface area contributed by atoms with Gasteiger partial charge in [-0.1, -0.05) is 6.07 Å². The van der Waals surface area contributed by atoms with E-state index in [4.69, 9.17) is 4.42 Å². The van der Waals surface area contributed by atoms with E-state index < -0.39 is 17.3 Å². The topological polar surface area (TPSA) is 62.5 Å². The van der Waals surface area contributed by atoms with Gasteiger partial charge in [0.15, 0.2) is 0 Å². The molecule has 2 N–H and O–H groups in total. The Kier molecular flexibility index (Phi) is 3.51. The van der Waals surface area contributed by atoms with Gasteiger partial charge in [0, 0.05) is 5.56 Å². The predicted octanol–water partition coefficient (Wildman–Crippen LogP) is 2.45. The zero-order valence-corrected chi connectivity index (χ0v) is 11.4. The van der Waals surface area contributed by atoms with E-state index in [-0.39, 0.29) is 18.0 Å². The van der Waals surface area contributed by atoms with E-state index in [0.29, 0.717) is 5.76 Å². The van der Waals surface area contributed by atoms with Crippen LogP contribution in [0.25, 0.3) is 0 Å². The summed E-state index contributed by atoms with van der Waals surface area (Å²) in [4.78, 5) is 12.0. The van der Waals surface area contributed by atoms with Crippen LogP contribution in [0, 0.1) is 11.7 Å². The van der Waals surface area contributed by atoms with Crippen molar-refractivity contribution in [2.75, 3.05) is 6.54 Å². The molecule has 1 aliphatic rings. The third kappa shape index (κ3) is 2.83. The van der Waals surface area contributed by atoms with Gasteiger partial charge >= 0.3 is 0 Å². The van der Waals surface area contributed by atoms with Gasteiger partial charge in [0.05, 0.1) is 12.8 Å². The second kappa shape index (κ2) is 5.33. The van der Waals surface area contributed by atoms with Gasteiger partial charge in [-0.05, 0) is 49.1 Å². The monoisotopic (exact) mass is 289 g/mol. The first-order valence-electron chi connectivity index (χ1n) is 6.90. The fourth-order valence-corrected chi connectivity index (χ4v) is 2.47. The number of rotatable bonds is 5. The van der Waals surface area contributed by atoms with Crippen molar-refractivity contribution in [3.63, 3.8) is 0 Å². The van der Waals surface area contributed by atoms with Gasteiger partial charge < -0.3 is 14.8 Å². The molecule has 0 spiro atoms. The van der Waals surface area contributed by atoms with Crippen LogP contribution in [-0.2, 0) is 5.60 Å². The van der Waals surface area contributed by atoms with Crippen molar-refractivity contribution in [3.8, 4) is 0 Å². The molecule has 110 valence electrons. The van der Waals surface area contributed by atoms with Crippen LogP contribution in [0.5, 0.6) is 0 Å². The highest BCUT2D eigenvalue weighted by atomic mass is 19.1. The number of furan rings is 1. The Hall–Kier alpha value is -2.14. The number of amides is 1. The molecule has 0 saturated heterocycles. The molecule has 1 amide bonds. The maximum Gasteiger partial charge on any atom is 0.251 e. The molecule has 3 rings (SSSR count). The van der Waals surface area contributed by atoms with E-state index in [2.05, 4.69) is 5.32 Å². The normalized spacial score (nSPS) is 17.2. The fourth-order valence-electron chi connectivity index (χ4n) is 2.47. The predicted molar refractivity (Wildman–Crippen MR) is 74.1 cm³/mol. The van der Waals surface area contributed by atoms with E-state index in [0.717, 1.165) is 12.8 Å². The molecule has 5 heteroatoms. The Morgan fingerprint density at radius 1 is 1.38 bits per heavy atom. The van der Waals surface area contributed by atoms with Gasteiger partial charge in [0.2, 0.25) is 0 Å².